The van der Waals surface area contributed by atoms with Crippen LogP contribution >= 0.6 is 0 Å². The van der Waals surface area contributed by atoms with Crippen molar-refractivity contribution in [3.63, 3.8) is 0 Å². The van der Waals surface area contributed by atoms with E-state index in [0.29, 0.717) is 24.1 Å². The fourth-order valence-corrected chi connectivity index (χ4v) is 2.72. The highest BCUT2D eigenvalue weighted by Gasteiger charge is 2.25. The van der Waals surface area contributed by atoms with Crippen molar-refractivity contribution < 1.29 is 18.8 Å². The Morgan fingerprint density at radius 1 is 1.33 bits per heavy atom. The lowest BCUT2D eigenvalue weighted by atomic mass is 9.86. The van der Waals surface area contributed by atoms with Crippen LogP contribution in [0.25, 0.3) is 11.5 Å². The second-order valence-corrected chi connectivity index (χ2v) is 5.43. The minimum Gasteiger partial charge on any atom is -0.481 e. The van der Waals surface area contributed by atoms with Crippen LogP contribution in [-0.2, 0) is 11.3 Å². The van der Waals surface area contributed by atoms with Crippen molar-refractivity contribution in [2.75, 3.05) is 0 Å². The zero-order valence-corrected chi connectivity index (χ0v) is 11.6. The molecule has 2 heterocycles. The quantitative estimate of drug-likeness (QED) is 0.880. The van der Waals surface area contributed by atoms with Gasteiger partial charge in [-0.2, -0.15) is 0 Å². The Morgan fingerprint density at radius 3 is 2.81 bits per heavy atom. The van der Waals surface area contributed by atoms with Crippen LogP contribution < -0.4 is 5.32 Å². The number of nitrogens with zero attached hydrogens (tertiary/aromatic N) is 1. The maximum atomic E-state index is 10.9. The molecule has 0 unspecified atom stereocenters. The van der Waals surface area contributed by atoms with Crippen LogP contribution in [-0.4, -0.2) is 22.3 Å². The molecular weight excluding hydrogens is 272 g/mol. The molecule has 112 valence electrons. The predicted molar refractivity (Wildman–Crippen MR) is 74.4 cm³/mol. The van der Waals surface area contributed by atoms with Gasteiger partial charge in [-0.1, -0.05) is 5.16 Å². The molecule has 21 heavy (non-hydrogen) atoms. The lowest BCUT2D eigenvalue weighted by molar-refractivity contribution is -0.142. The number of carboxylic acid groups (broad SMARTS) is 1. The molecule has 0 aliphatic heterocycles. The van der Waals surface area contributed by atoms with E-state index in [1.807, 2.05) is 12.1 Å². The number of carboxylic acids is 1. The first-order valence-electron chi connectivity index (χ1n) is 7.18. The van der Waals surface area contributed by atoms with E-state index in [1.54, 1.807) is 12.3 Å². The summed E-state index contributed by atoms with van der Waals surface area (Å²) in [6, 6.07) is 5.83. The molecule has 1 saturated carbocycles. The summed E-state index contributed by atoms with van der Waals surface area (Å²) >= 11 is 0. The average molecular weight is 290 g/mol. The summed E-state index contributed by atoms with van der Waals surface area (Å²) < 4.78 is 10.5. The molecule has 3 rings (SSSR count). The Bertz CT molecular complexity index is 583. The Balaban J connectivity index is 1.49. The van der Waals surface area contributed by atoms with Gasteiger partial charge in [0.2, 0.25) is 5.76 Å². The monoisotopic (exact) mass is 290 g/mol. The number of nitrogens with one attached hydrogen (secondary N) is 1. The molecule has 6 heteroatoms. The summed E-state index contributed by atoms with van der Waals surface area (Å²) in [4.78, 5) is 10.9. The van der Waals surface area contributed by atoms with Crippen molar-refractivity contribution in [1.29, 1.82) is 0 Å². The summed E-state index contributed by atoms with van der Waals surface area (Å²) in [5.74, 6) is 0.427. The maximum absolute atomic E-state index is 10.9. The average Bonchev–Trinajstić information content (AvgIpc) is 3.16. The zero-order chi connectivity index (χ0) is 14.7. The summed E-state index contributed by atoms with van der Waals surface area (Å²) in [5, 5.41) is 16.4. The first-order chi connectivity index (χ1) is 10.2. The highest BCUT2D eigenvalue weighted by Crippen LogP contribution is 2.25. The largest absolute Gasteiger partial charge is 0.481 e. The van der Waals surface area contributed by atoms with Gasteiger partial charge in [0, 0.05) is 18.7 Å². The lowest BCUT2D eigenvalue weighted by Gasteiger charge is -2.26. The molecule has 0 amide bonds. The molecule has 2 aromatic rings. The van der Waals surface area contributed by atoms with Gasteiger partial charge in [0.25, 0.3) is 0 Å². The molecule has 1 aliphatic rings. The molecule has 1 aliphatic carbocycles. The van der Waals surface area contributed by atoms with Crippen molar-refractivity contribution in [2.24, 2.45) is 5.92 Å². The molecule has 6 nitrogen and oxygen atoms in total. The summed E-state index contributed by atoms with van der Waals surface area (Å²) in [5.41, 5.74) is 0.821. The van der Waals surface area contributed by atoms with Crippen LogP contribution in [0.5, 0.6) is 0 Å². The van der Waals surface area contributed by atoms with E-state index in [2.05, 4.69) is 10.5 Å². The molecule has 0 saturated heterocycles. The molecule has 0 aromatic carbocycles. The number of aromatic nitrogens is 1. The van der Waals surface area contributed by atoms with E-state index in [1.165, 1.54) is 0 Å². The third-order valence-corrected chi connectivity index (χ3v) is 3.97. The molecule has 1 fully saturated rings. The minimum absolute atomic E-state index is 0.180. The molecule has 2 N–H and O–H groups in total. The van der Waals surface area contributed by atoms with E-state index in [-0.39, 0.29) is 5.92 Å². The van der Waals surface area contributed by atoms with Crippen molar-refractivity contribution in [1.82, 2.24) is 10.5 Å². The second kappa shape index (κ2) is 6.13. The van der Waals surface area contributed by atoms with Crippen LogP contribution in [0.2, 0.25) is 0 Å². The van der Waals surface area contributed by atoms with Gasteiger partial charge in [0.1, 0.15) is 0 Å². The number of furan rings is 1. The van der Waals surface area contributed by atoms with Gasteiger partial charge < -0.3 is 19.4 Å². The van der Waals surface area contributed by atoms with Crippen molar-refractivity contribution in [3.05, 3.63) is 30.2 Å². The number of rotatable bonds is 5. The van der Waals surface area contributed by atoms with Crippen LogP contribution in [0.3, 0.4) is 0 Å². The zero-order valence-electron chi connectivity index (χ0n) is 11.6. The van der Waals surface area contributed by atoms with Gasteiger partial charge in [-0.3, -0.25) is 4.79 Å². The smallest absolute Gasteiger partial charge is 0.306 e. The van der Waals surface area contributed by atoms with Gasteiger partial charge >= 0.3 is 5.97 Å². The fraction of sp³-hybridized carbons (Fsp3) is 0.467. The van der Waals surface area contributed by atoms with Crippen LogP contribution in [0.1, 0.15) is 31.4 Å². The number of hydrogen-bond donors (Lipinski definition) is 2. The SMILES string of the molecule is O=C(O)C1CCC(NCc2cc(-c3ccco3)on2)CC1. The topological polar surface area (TPSA) is 88.5 Å². The lowest BCUT2D eigenvalue weighted by Crippen LogP contribution is -2.34. The van der Waals surface area contributed by atoms with Gasteiger partial charge in [-0.05, 0) is 37.8 Å². The van der Waals surface area contributed by atoms with Crippen molar-refractivity contribution >= 4 is 5.97 Å². The normalized spacial score (nSPS) is 22.3. The maximum Gasteiger partial charge on any atom is 0.306 e. The molecule has 0 atom stereocenters. The summed E-state index contributed by atoms with van der Waals surface area (Å²) in [6.07, 6.45) is 4.85. The number of carbonyl (C=O) groups is 1. The predicted octanol–water partition coefficient (Wildman–Crippen LogP) is 2.67. The third kappa shape index (κ3) is 3.33. The van der Waals surface area contributed by atoms with E-state index < -0.39 is 5.97 Å². The third-order valence-electron chi connectivity index (χ3n) is 3.97. The van der Waals surface area contributed by atoms with Crippen LogP contribution in [0.15, 0.2) is 33.4 Å². The Kier molecular flexibility index (Phi) is 4.06. The molecule has 2 aromatic heterocycles. The highest BCUT2D eigenvalue weighted by molar-refractivity contribution is 5.70. The Labute approximate surface area is 122 Å². The molecular formula is C15H18N2O4. The van der Waals surface area contributed by atoms with Gasteiger partial charge in [-0.15, -0.1) is 0 Å². The molecule has 0 radical (unpaired) electrons. The second-order valence-electron chi connectivity index (χ2n) is 5.43. The van der Waals surface area contributed by atoms with Gasteiger partial charge in [0.15, 0.2) is 5.76 Å². The van der Waals surface area contributed by atoms with Gasteiger partial charge in [0.05, 0.1) is 17.9 Å². The van der Waals surface area contributed by atoms with Gasteiger partial charge in [-0.25, -0.2) is 0 Å². The first-order valence-corrected chi connectivity index (χ1v) is 7.18. The highest BCUT2D eigenvalue weighted by atomic mass is 16.5. The van der Waals surface area contributed by atoms with E-state index in [9.17, 15) is 4.79 Å². The standard InChI is InChI=1S/C15H18N2O4/c18-15(19)10-3-5-11(6-4-10)16-9-12-8-14(21-17-12)13-2-1-7-20-13/h1-2,7-8,10-11,16H,3-6,9H2,(H,18,19). The van der Waals surface area contributed by atoms with E-state index in [0.717, 1.165) is 31.4 Å². The van der Waals surface area contributed by atoms with Crippen molar-refractivity contribution in [3.8, 4) is 11.5 Å². The van der Waals surface area contributed by atoms with Crippen LogP contribution in [0, 0.1) is 5.92 Å². The number of hydrogen-bond acceptors (Lipinski definition) is 5. The Hall–Kier alpha value is -2.08. The minimum atomic E-state index is -0.673. The van der Waals surface area contributed by atoms with E-state index in [4.69, 9.17) is 14.0 Å². The first kappa shape index (κ1) is 13.9. The summed E-state index contributed by atoms with van der Waals surface area (Å²) in [7, 11) is 0. The Morgan fingerprint density at radius 2 is 2.14 bits per heavy atom. The fourth-order valence-electron chi connectivity index (χ4n) is 2.72. The molecule has 0 spiro atoms. The number of aliphatic carboxylic acids is 1. The van der Waals surface area contributed by atoms with Crippen LogP contribution in [0.4, 0.5) is 0 Å². The van der Waals surface area contributed by atoms with Crippen molar-refractivity contribution in [2.45, 2.75) is 38.3 Å². The summed E-state index contributed by atoms with van der Waals surface area (Å²) in [6.45, 7) is 0.618. The van der Waals surface area contributed by atoms with E-state index >= 15 is 0 Å². The molecule has 0 bridgehead atoms.